The summed E-state index contributed by atoms with van der Waals surface area (Å²) in [5.41, 5.74) is 6.58. The molecule has 2 rings (SSSR count). The fourth-order valence-corrected chi connectivity index (χ4v) is 4.16. The van der Waals surface area contributed by atoms with E-state index >= 15 is 0 Å². The molecule has 2 unspecified atom stereocenters. The molecule has 118 valence electrons. The first kappa shape index (κ1) is 16.3. The van der Waals surface area contributed by atoms with Crippen molar-refractivity contribution in [1.29, 1.82) is 0 Å². The summed E-state index contributed by atoms with van der Waals surface area (Å²) >= 11 is 0. The predicted octanol–water partition coefficient (Wildman–Crippen LogP) is 2.70. The Morgan fingerprint density at radius 1 is 1.05 bits per heavy atom. The second-order valence-corrected chi connectivity index (χ2v) is 7.15. The Hall–Kier alpha value is -0.120. The maximum Gasteiger partial charge on any atom is 0.0344 e. The van der Waals surface area contributed by atoms with Crippen molar-refractivity contribution in [3.63, 3.8) is 0 Å². The summed E-state index contributed by atoms with van der Waals surface area (Å²) in [7, 11) is 0. The van der Waals surface area contributed by atoms with Crippen LogP contribution in [-0.2, 0) is 0 Å². The molecule has 2 atom stereocenters. The Morgan fingerprint density at radius 2 is 1.90 bits per heavy atom. The quantitative estimate of drug-likeness (QED) is 0.860. The summed E-state index contributed by atoms with van der Waals surface area (Å²) in [5.74, 6) is 0.900. The smallest absolute Gasteiger partial charge is 0.0344 e. The summed E-state index contributed by atoms with van der Waals surface area (Å²) in [6.45, 7) is 11.9. The normalized spacial score (nSPS) is 34.6. The van der Waals surface area contributed by atoms with Crippen LogP contribution in [0.1, 0.15) is 58.8 Å². The number of hydrogen-bond donors (Lipinski definition) is 1. The van der Waals surface area contributed by atoms with Gasteiger partial charge in [0.25, 0.3) is 0 Å². The van der Waals surface area contributed by atoms with Crippen molar-refractivity contribution < 1.29 is 0 Å². The van der Waals surface area contributed by atoms with E-state index in [-0.39, 0.29) is 0 Å². The lowest BCUT2D eigenvalue weighted by Gasteiger charge is -2.43. The van der Waals surface area contributed by atoms with E-state index in [4.69, 9.17) is 5.73 Å². The number of nitrogens with two attached hydrogens (primary N) is 1. The highest BCUT2D eigenvalue weighted by atomic mass is 15.2. The molecule has 3 nitrogen and oxygen atoms in total. The highest BCUT2D eigenvalue weighted by Crippen LogP contribution is 2.31. The van der Waals surface area contributed by atoms with E-state index < -0.39 is 0 Å². The molecule has 0 aliphatic carbocycles. The summed E-state index contributed by atoms with van der Waals surface area (Å²) in [6.07, 6.45) is 9.30. The van der Waals surface area contributed by atoms with Gasteiger partial charge in [-0.2, -0.15) is 0 Å². The largest absolute Gasteiger partial charge is 0.329 e. The van der Waals surface area contributed by atoms with Crippen molar-refractivity contribution in [1.82, 2.24) is 9.80 Å². The molecule has 0 aromatic carbocycles. The van der Waals surface area contributed by atoms with Crippen molar-refractivity contribution >= 4 is 0 Å². The molecule has 0 bridgehead atoms. The Labute approximate surface area is 125 Å². The van der Waals surface area contributed by atoms with Crippen LogP contribution in [-0.4, -0.2) is 54.6 Å². The van der Waals surface area contributed by atoms with Gasteiger partial charge in [-0.25, -0.2) is 0 Å². The van der Waals surface area contributed by atoms with Crippen LogP contribution in [0.15, 0.2) is 0 Å². The molecule has 3 heteroatoms. The maximum atomic E-state index is 6.28. The third kappa shape index (κ3) is 3.96. The van der Waals surface area contributed by atoms with Gasteiger partial charge in [-0.15, -0.1) is 0 Å². The minimum absolute atomic E-state index is 0.298. The van der Waals surface area contributed by atoms with Crippen molar-refractivity contribution in [2.75, 3.05) is 39.3 Å². The standard InChI is InChI=1S/C17H35N3/c1-3-10-19-11-5-8-17(15-18,9-14-19)20-12-4-6-16(2)7-13-20/h16H,3-15,18H2,1-2H3. The molecule has 2 aliphatic rings. The highest BCUT2D eigenvalue weighted by molar-refractivity contribution is 4.95. The molecular formula is C17H35N3. The molecule has 0 radical (unpaired) electrons. The van der Waals surface area contributed by atoms with Gasteiger partial charge in [0.1, 0.15) is 0 Å². The first-order valence-corrected chi connectivity index (χ1v) is 8.87. The predicted molar refractivity (Wildman–Crippen MR) is 87.0 cm³/mol. The number of hydrogen-bond acceptors (Lipinski definition) is 3. The average molecular weight is 281 g/mol. The topological polar surface area (TPSA) is 32.5 Å². The number of nitrogens with zero attached hydrogens (tertiary/aromatic N) is 2. The van der Waals surface area contributed by atoms with Gasteiger partial charge in [0, 0.05) is 12.1 Å². The van der Waals surface area contributed by atoms with Gasteiger partial charge in [0.15, 0.2) is 0 Å². The third-order valence-electron chi connectivity index (χ3n) is 5.62. The number of likely N-dealkylation sites (tertiary alicyclic amines) is 2. The van der Waals surface area contributed by atoms with Crippen molar-refractivity contribution in [3.8, 4) is 0 Å². The zero-order valence-electron chi connectivity index (χ0n) is 13.7. The van der Waals surface area contributed by atoms with Crippen LogP contribution in [0.3, 0.4) is 0 Å². The van der Waals surface area contributed by atoms with Crippen LogP contribution in [0.2, 0.25) is 0 Å². The van der Waals surface area contributed by atoms with Gasteiger partial charge in [0.05, 0.1) is 0 Å². The van der Waals surface area contributed by atoms with Gasteiger partial charge in [-0.05, 0) is 83.6 Å². The molecule has 0 saturated carbocycles. The highest BCUT2D eigenvalue weighted by Gasteiger charge is 2.37. The van der Waals surface area contributed by atoms with Crippen LogP contribution < -0.4 is 5.73 Å². The van der Waals surface area contributed by atoms with E-state index in [1.807, 2.05) is 0 Å². The summed E-state index contributed by atoms with van der Waals surface area (Å²) in [6, 6.07) is 0. The molecule has 2 N–H and O–H groups in total. The SMILES string of the molecule is CCCN1CCCC(CN)(N2CCCC(C)CC2)CC1. The van der Waals surface area contributed by atoms with Crippen molar-refractivity contribution in [2.45, 2.75) is 64.3 Å². The van der Waals surface area contributed by atoms with Crippen molar-refractivity contribution in [3.05, 3.63) is 0 Å². The molecule has 0 aromatic rings. The fourth-order valence-electron chi connectivity index (χ4n) is 4.16. The molecule has 0 amide bonds. The Kier molecular flexibility index (Phi) is 6.31. The minimum atomic E-state index is 0.298. The van der Waals surface area contributed by atoms with Crippen LogP contribution in [0.5, 0.6) is 0 Å². The minimum Gasteiger partial charge on any atom is -0.329 e. The van der Waals surface area contributed by atoms with Crippen LogP contribution >= 0.6 is 0 Å². The van der Waals surface area contributed by atoms with Gasteiger partial charge >= 0.3 is 0 Å². The molecule has 2 saturated heterocycles. The summed E-state index contributed by atoms with van der Waals surface area (Å²) < 4.78 is 0. The van der Waals surface area contributed by atoms with E-state index in [0.717, 1.165) is 12.5 Å². The van der Waals surface area contributed by atoms with Crippen LogP contribution in [0, 0.1) is 5.92 Å². The summed E-state index contributed by atoms with van der Waals surface area (Å²) in [5, 5.41) is 0. The molecule has 2 aliphatic heterocycles. The average Bonchev–Trinajstić information content (AvgIpc) is 2.79. The number of rotatable bonds is 4. The Bertz CT molecular complexity index is 281. The van der Waals surface area contributed by atoms with Crippen LogP contribution in [0.25, 0.3) is 0 Å². The Balaban J connectivity index is 2.00. The third-order valence-corrected chi connectivity index (χ3v) is 5.62. The van der Waals surface area contributed by atoms with Gasteiger partial charge in [0.2, 0.25) is 0 Å². The lowest BCUT2D eigenvalue weighted by molar-refractivity contribution is 0.0805. The van der Waals surface area contributed by atoms with Gasteiger partial charge in [-0.1, -0.05) is 13.8 Å². The van der Waals surface area contributed by atoms with E-state index in [0.29, 0.717) is 5.54 Å². The fraction of sp³-hybridized carbons (Fsp3) is 1.00. The van der Waals surface area contributed by atoms with Crippen LogP contribution in [0.4, 0.5) is 0 Å². The molecule has 20 heavy (non-hydrogen) atoms. The summed E-state index contributed by atoms with van der Waals surface area (Å²) in [4.78, 5) is 5.42. The van der Waals surface area contributed by atoms with E-state index in [1.165, 1.54) is 77.7 Å². The first-order valence-electron chi connectivity index (χ1n) is 8.87. The van der Waals surface area contributed by atoms with Gasteiger partial charge < -0.3 is 10.6 Å². The lowest BCUT2D eigenvalue weighted by Crippen LogP contribution is -2.54. The van der Waals surface area contributed by atoms with E-state index in [2.05, 4.69) is 23.6 Å². The molecule has 2 fully saturated rings. The molecule has 2 heterocycles. The first-order chi connectivity index (χ1) is 9.70. The lowest BCUT2D eigenvalue weighted by atomic mass is 9.88. The monoisotopic (exact) mass is 281 g/mol. The van der Waals surface area contributed by atoms with E-state index in [1.54, 1.807) is 0 Å². The zero-order chi connectivity index (χ0) is 14.4. The van der Waals surface area contributed by atoms with E-state index in [9.17, 15) is 0 Å². The molecule has 0 aromatic heterocycles. The van der Waals surface area contributed by atoms with Gasteiger partial charge in [-0.3, -0.25) is 4.90 Å². The zero-order valence-corrected chi connectivity index (χ0v) is 13.7. The van der Waals surface area contributed by atoms with Crippen molar-refractivity contribution in [2.24, 2.45) is 11.7 Å². The molecule has 0 spiro atoms. The maximum absolute atomic E-state index is 6.28. The second kappa shape index (κ2) is 7.77. The molecular weight excluding hydrogens is 246 g/mol. The Morgan fingerprint density at radius 3 is 2.65 bits per heavy atom. The second-order valence-electron chi connectivity index (χ2n) is 7.15.